The van der Waals surface area contributed by atoms with Crippen molar-refractivity contribution >= 4 is 17.1 Å². The molecule has 16 heavy (non-hydrogen) atoms. The zero-order valence-corrected chi connectivity index (χ0v) is 9.64. The number of rotatable bonds is 2. The summed E-state index contributed by atoms with van der Waals surface area (Å²) in [6, 6.07) is 3.84. The molecule has 0 radical (unpaired) electrons. The average molecular weight is 216 g/mol. The Bertz CT molecular complexity index is 541. The van der Waals surface area contributed by atoms with E-state index in [9.17, 15) is 0 Å². The summed E-state index contributed by atoms with van der Waals surface area (Å²) < 4.78 is 2.04. The molecule has 4 heteroatoms. The molecule has 0 aliphatic heterocycles. The quantitative estimate of drug-likeness (QED) is 0.836. The number of hydrogen-bond acceptors (Lipinski definition) is 3. The van der Waals surface area contributed by atoms with Gasteiger partial charge in [-0.2, -0.15) is 0 Å². The van der Waals surface area contributed by atoms with E-state index in [4.69, 9.17) is 5.73 Å². The summed E-state index contributed by atoms with van der Waals surface area (Å²) in [6.45, 7) is 5.52. The first kappa shape index (κ1) is 9.63. The Morgan fingerprint density at radius 3 is 3.00 bits per heavy atom. The maximum atomic E-state index is 5.93. The van der Waals surface area contributed by atoms with Gasteiger partial charge in [0.25, 0.3) is 0 Å². The van der Waals surface area contributed by atoms with Gasteiger partial charge in [-0.05, 0) is 29.9 Å². The maximum absolute atomic E-state index is 5.93. The first-order chi connectivity index (χ1) is 7.58. The first-order valence-corrected chi connectivity index (χ1v) is 5.65. The number of hydrogen-bond donors (Lipinski definition) is 1. The molecule has 0 amide bonds. The smallest absolute Gasteiger partial charge is 0.202 e. The molecule has 4 nitrogen and oxygen atoms in total. The summed E-state index contributed by atoms with van der Waals surface area (Å²) in [5, 5.41) is 0. The monoisotopic (exact) mass is 216 g/mol. The van der Waals surface area contributed by atoms with Crippen molar-refractivity contribution in [1.82, 2.24) is 14.5 Å². The summed E-state index contributed by atoms with van der Waals surface area (Å²) in [4.78, 5) is 8.67. The van der Waals surface area contributed by atoms with E-state index in [2.05, 4.69) is 23.8 Å². The second-order valence-corrected chi connectivity index (χ2v) is 5.32. The minimum atomic E-state index is 0.456. The van der Waals surface area contributed by atoms with Gasteiger partial charge in [0, 0.05) is 12.7 Å². The van der Waals surface area contributed by atoms with Crippen LogP contribution in [0, 0.1) is 11.3 Å². The molecule has 0 spiro atoms. The van der Waals surface area contributed by atoms with Crippen molar-refractivity contribution in [2.75, 3.05) is 5.73 Å². The zero-order chi connectivity index (χ0) is 11.3. The first-order valence-electron chi connectivity index (χ1n) is 5.65. The Morgan fingerprint density at radius 2 is 2.31 bits per heavy atom. The average Bonchev–Trinajstić information content (AvgIpc) is 2.69. The van der Waals surface area contributed by atoms with Crippen LogP contribution in [-0.4, -0.2) is 14.5 Å². The molecule has 3 rings (SSSR count). The van der Waals surface area contributed by atoms with Gasteiger partial charge in [0.2, 0.25) is 5.95 Å². The largest absolute Gasteiger partial charge is 0.369 e. The van der Waals surface area contributed by atoms with E-state index >= 15 is 0 Å². The molecule has 2 N–H and O–H groups in total. The highest BCUT2D eigenvalue weighted by atomic mass is 15.2. The molecule has 1 aliphatic rings. The molecule has 2 aromatic heterocycles. The molecule has 0 saturated heterocycles. The normalized spacial score (nSPS) is 22.5. The number of nitrogen functional groups attached to an aromatic ring is 1. The molecule has 84 valence electrons. The predicted octanol–water partition coefficient (Wildman–Crippen LogP) is 2.06. The number of anilines is 1. The van der Waals surface area contributed by atoms with Crippen LogP contribution in [0.25, 0.3) is 11.2 Å². The summed E-state index contributed by atoms with van der Waals surface area (Å²) in [5.74, 6) is 1.28. The maximum Gasteiger partial charge on any atom is 0.202 e. The predicted molar refractivity (Wildman–Crippen MR) is 63.8 cm³/mol. The zero-order valence-electron chi connectivity index (χ0n) is 9.64. The lowest BCUT2D eigenvalue weighted by atomic mass is 10.1. The number of nitrogens with two attached hydrogens (primary N) is 1. The highest BCUT2D eigenvalue weighted by Crippen LogP contribution is 2.52. The van der Waals surface area contributed by atoms with Gasteiger partial charge in [-0.1, -0.05) is 13.8 Å². The van der Waals surface area contributed by atoms with Crippen molar-refractivity contribution in [2.45, 2.75) is 26.8 Å². The van der Waals surface area contributed by atoms with E-state index in [-0.39, 0.29) is 0 Å². The highest BCUT2D eigenvalue weighted by molar-refractivity contribution is 5.73. The van der Waals surface area contributed by atoms with Crippen LogP contribution < -0.4 is 5.73 Å². The number of fused-ring (bicyclic) bond motifs is 1. The van der Waals surface area contributed by atoms with Gasteiger partial charge in [0.05, 0.1) is 0 Å². The summed E-state index contributed by atoms with van der Waals surface area (Å²) in [7, 11) is 0. The molecular formula is C12H16N4. The fraction of sp³-hybridized carbons (Fsp3) is 0.500. The lowest BCUT2D eigenvalue weighted by Crippen LogP contribution is -2.07. The fourth-order valence-corrected chi connectivity index (χ4v) is 2.26. The summed E-state index contributed by atoms with van der Waals surface area (Å²) in [6.07, 6.45) is 3.05. The third-order valence-electron chi connectivity index (χ3n) is 3.65. The van der Waals surface area contributed by atoms with Gasteiger partial charge < -0.3 is 5.73 Å². The molecule has 2 aromatic rings. The number of pyridine rings is 1. The second-order valence-electron chi connectivity index (χ2n) is 5.32. The van der Waals surface area contributed by atoms with Crippen molar-refractivity contribution in [2.24, 2.45) is 11.3 Å². The van der Waals surface area contributed by atoms with E-state index in [0.717, 1.165) is 17.7 Å². The Labute approximate surface area is 94.5 Å². The molecule has 0 bridgehead atoms. The van der Waals surface area contributed by atoms with Crippen molar-refractivity contribution in [3.05, 3.63) is 18.3 Å². The molecule has 1 unspecified atom stereocenters. The van der Waals surface area contributed by atoms with Gasteiger partial charge in [0.1, 0.15) is 5.52 Å². The van der Waals surface area contributed by atoms with Crippen LogP contribution in [0.4, 0.5) is 5.95 Å². The minimum absolute atomic E-state index is 0.456. The number of nitrogens with zero attached hydrogens (tertiary/aromatic N) is 3. The van der Waals surface area contributed by atoms with Gasteiger partial charge in [-0.15, -0.1) is 0 Å². The van der Waals surface area contributed by atoms with Gasteiger partial charge in [0.15, 0.2) is 5.65 Å². The van der Waals surface area contributed by atoms with Crippen LogP contribution in [0.3, 0.4) is 0 Å². The van der Waals surface area contributed by atoms with E-state index in [1.54, 1.807) is 6.20 Å². The van der Waals surface area contributed by atoms with E-state index in [0.29, 0.717) is 17.3 Å². The lowest BCUT2D eigenvalue weighted by Gasteiger charge is -2.06. The van der Waals surface area contributed by atoms with Crippen LogP contribution in [0.1, 0.15) is 20.3 Å². The van der Waals surface area contributed by atoms with Crippen molar-refractivity contribution < 1.29 is 0 Å². The van der Waals surface area contributed by atoms with E-state index in [1.165, 1.54) is 6.42 Å². The summed E-state index contributed by atoms with van der Waals surface area (Å²) >= 11 is 0. The van der Waals surface area contributed by atoms with E-state index < -0.39 is 0 Å². The minimum Gasteiger partial charge on any atom is -0.369 e. The van der Waals surface area contributed by atoms with Crippen LogP contribution >= 0.6 is 0 Å². The van der Waals surface area contributed by atoms with Crippen molar-refractivity contribution in [1.29, 1.82) is 0 Å². The molecule has 2 heterocycles. The summed E-state index contributed by atoms with van der Waals surface area (Å²) in [5.41, 5.74) is 8.18. The van der Waals surface area contributed by atoms with Crippen molar-refractivity contribution in [3.63, 3.8) is 0 Å². The Kier molecular flexibility index (Phi) is 1.79. The SMILES string of the molecule is CC1(C)CC1Cn1c(N)nc2cccnc21. The van der Waals surface area contributed by atoms with Crippen LogP contribution in [-0.2, 0) is 6.54 Å². The van der Waals surface area contributed by atoms with Crippen LogP contribution in [0.5, 0.6) is 0 Å². The van der Waals surface area contributed by atoms with Crippen LogP contribution in [0.15, 0.2) is 18.3 Å². The molecule has 1 saturated carbocycles. The Morgan fingerprint density at radius 1 is 1.56 bits per heavy atom. The highest BCUT2D eigenvalue weighted by Gasteiger charge is 2.45. The van der Waals surface area contributed by atoms with Crippen LogP contribution in [0.2, 0.25) is 0 Å². The van der Waals surface area contributed by atoms with E-state index in [1.807, 2.05) is 16.7 Å². The second kappa shape index (κ2) is 2.97. The van der Waals surface area contributed by atoms with Gasteiger partial charge in [-0.3, -0.25) is 4.57 Å². The molecule has 1 atom stereocenters. The van der Waals surface area contributed by atoms with Crippen molar-refractivity contribution in [3.8, 4) is 0 Å². The molecule has 0 aromatic carbocycles. The Hall–Kier alpha value is -1.58. The standard InChI is InChI=1S/C12H16N4/c1-12(2)6-8(12)7-16-10-9(15-11(16)13)4-3-5-14-10/h3-5,8H,6-7H2,1-2H3,(H2,13,15). The Balaban J connectivity index is 2.00. The molecular weight excluding hydrogens is 200 g/mol. The fourth-order valence-electron chi connectivity index (χ4n) is 2.26. The topological polar surface area (TPSA) is 56.7 Å². The van der Waals surface area contributed by atoms with Gasteiger partial charge in [-0.25, -0.2) is 9.97 Å². The van der Waals surface area contributed by atoms with Gasteiger partial charge >= 0.3 is 0 Å². The molecule has 1 fully saturated rings. The number of aromatic nitrogens is 3. The molecule has 1 aliphatic carbocycles. The number of imidazole rings is 1. The lowest BCUT2D eigenvalue weighted by molar-refractivity contribution is 0.506. The third-order valence-corrected chi connectivity index (χ3v) is 3.65. The third kappa shape index (κ3) is 1.37.